The van der Waals surface area contributed by atoms with Gasteiger partial charge in [-0.15, -0.1) is 0 Å². The number of amides is 1. The fourth-order valence-electron chi connectivity index (χ4n) is 10.2. The number of aliphatic hydroxyl groups excluding tert-OH is 1. The maximum atomic E-state index is 13.0. The zero-order valence-corrected chi connectivity index (χ0v) is 27.9. The minimum Gasteiger partial charge on any atom is -0.478 e. The Morgan fingerprint density at radius 3 is 2.66 bits per heavy atom. The Hall–Kier alpha value is -3.51. The van der Waals surface area contributed by atoms with Crippen LogP contribution >= 0.6 is 0 Å². The topological polar surface area (TPSA) is 165 Å². The van der Waals surface area contributed by atoms with Gasteiger partial charge in [0.2, 0.25) is 5.60 Å². The number of carbonyl (C=O) groups excluding carboxylic acids is 2. The fraction of sp³-hybridized carbons (Fsp3) is 0.600. The van der Waals surface area contributed by atoms with Gasteiger partial charge in [-0.2, -0.15) is 5.10 Å². The van der Waals surface area contributed by atoms with Gasteiger partial charge in [0, 0.05) is 23.4 Å². The number of sulfone groups is 1. The van der Waals surface area contributed by atoms with Gasteiger partial charge in [-0.25, -0.2) is 17.9 Å². The molecule has 5 aliphatic rings. The second kappa shape index (κ2) is 11.0. The highest BCUT2D eigenvalue weighted by Crippen LogP contribution is 2.68. The summed E-state index contributed by atoms with van der Waals surface area (Å²) in [6.45, 7) is 5.78. The molecule has 1 amide bonds. The third-order valence-electron chi connectivity index (χ3n) is 12.4. The number of allylic oxidation sites excluding steroid dienone is 1. The zero-order chi connectivity index (χ0) is 33.5. The lowest BCUT2D eigenvalue weighted by Crippen LogP contribution is -2.63. The molecule has 0 radical (unpaired) electrons. The van der Waals surface area contributed by atoms with E-state index in [1.807, 2.05) is 23.9 Å². The summed E-state index contributed by atoms with van der Waals surface area (Å²) >= 11 is 0. The van der Waals surface area contributed by atoms with E-state index in [9.17, 15) is 33.0 Å². The van der Waals surface area contributed by atoms with Gasteiger partial charge in [-0.1, -0.05) is 32.4 Å². The Labute approximate surface area is 274 Å². The Balaban J connectivity index is 1.16. The highest BCUT2D eigenvalue weighted by Gasteiger charge is 2.71. The van der Waals surface area contributed by atoms with Crippen LogP contribution in [0.1, 0.15) is 87.3 Å². The first kappa shape index (κ1) is 32.1. The molecule has 2 heterocycles. The maximum absolute atomic E-state index is 13.0. The molecule has 12 heteroatoms. The van der Waals surface area contributed by atoms with E-state index in [4.69, 9.17) is 9.84 Å². The van der Waals surface area contributed by atoms with Crippen molar-refractivity contribution in [3.8, 4) is 5.69 Å². The minimum atomic E-state index is -3.12. The van der Waals surface area contributed by atoms with E-state index in [0.29, 0.717) is 24.8 Å². The first-order valence-electron chi connectivity index (χ1n) is 16.7. The number of aromatic nitrogens is 2. The van der Waals surface area contributed by atoms with Crippen molar-refractivity contribution in [1.82, 2.24) is 15.1 Å². The molecule has 4 aliphatic carbocycles. The Morgan fingerprint density at radius 1 is 1.17 bits per heavy atom. The van der Waals surface area contributed by atoms with Gasteiger partial charge in [0.25, 0.3) is 5.91 Å². The molecule has 1 saturated heterocycles. The van der Waals surface area contributed by atoms with E-state index in [2.05, 4.69) is 18.3 Å². The van der Waals surface area contributed by atoms with Gasteiger partial charge in [-0.05, 0) is 98.0 Å². The van der Waals surface area contributed by atoms with Crippen LogP contribution in [0.4, 0.5) is 0 Å². The first-order valence-corrected chi connectivity index (χ1v) is 18.6. The number of fused-ring (bicyclic) bond motifs is 6. The number of nitrogens with zero attached hydrogens (tertiary/aromatic N) is 2. The lowest BCUT2D eigenvalue weighted by Gasteiger charge is -2.60. The number of aliphatic hydroxyl groups is 1. The van der Waals surface area contributed by atoms with Crippen molar-refractivity contribution in [3.05, 3.63) is 52.9 Å². The molecule has 7 rings (SSSR count). The lowest BCUT2D eigenvalue weighted by molar-refractivity contribution is -0.210. The standard InChI is InChI=1S/C35H43N3O8S/c1-4-29(40)46-35(32(42)43)12-10-26-25-9-8-22-15-27-21(16-33(22,2)30(25)28(39)17-34(26,35)3)18-36-38(27)24-7-5-6-20(14-24)31(41)37-23-11-13-47(44,45)19-23/h5-7,14-15,18,23,25-26,28,30,39H,4,8-13,16-17,19H2,1-3H3,(H,37,41)(H,42,43)/t23?,25-,26?,28-,30?,33-,34-,35-/m0/s1. The van der Waals surface area contributed by atoms with Crippen molar-refractivity contribution >= 4 is 33.8 Å². The highest BCUT2D eigenvalue weighted by atomic mass is 32.2. The van der Waals surface area contributed by atoms with E-state index >= 15 is 0 Å². The number of benzene rings is 1. The van der Waals surface area contributed by atoms with Crippen molar-refractivity contribution in [2.24, 2.45) is 28.6 Å². The number of esters is 1. The fourth-order valence-corrected chi connectivity index (χ4v) is 11.8. The minimum absolute atomic E-state index is 0.00243. The number of rotatable bonds is 6. The lowest BCUT2D eigenvalue weighted by atomic mass is 9.45. The molecule has 8 atom stereocenters. The molecule has 2 aromatic rings. The molecule has 3 unspecified atom stereocenters. The Kier molecular flexibility index (Phi) is 7.51. The number of hydrogen-bond donors (Lipinski definition) is 3. The second-order valence-corrected chi connectivity index (χ2v) is 17.1. The van der Waals surface area contributed by atoms with Crippen LogP contribution in [0.3, 0.4) is 0 Å². The van der Waals surface area contributed by atoms with Crippen molar-refractivity contribution in [2.45, 2.75) is 89.9 Å². The summed E-state index contributed by atoms with van der Waals surface area (Å²) in [6.07, 6.45) is 7.16. The van der Waals surface area contributed by atoms with E-state index < -0.39 is 44.9 Å². The van der Waals surface area contributed by atoms with Crippen LogP contribution in [0.5, 0.6) is 0 Å². The average Bonchev–Trinajstić information content (AvgIpc) is 3.67. The molecule has 252 valence electrons. The van der Waals surface area contributed by atoms with E-state index in [1.54, 1.807) is 25.1 Å². The molecule has 0 spiro atoms. The summed E-state index contributed by atoms with van der Waals surface area (Å²) in [5, 5.41) is 30.0. The van der Waals surface area contributed by atoms with Gasteiger partial charge < -0.3 is 20.3 Å². The summed E-state index contributed by atoms with van der Waals surface area (Å²) in [7, 11) is -3.12. The highest BCUT2D eigenvalue weighted by molar-refractivity contribution is 7.91. The molecule has 1 aliphatic heterocycles. The van der Waals surface area contributed by atoms with Crippen LogP contribution in [-0.2, 0) is 30.6 Å². The second-order valence-electron chi connectivity index (χ2n) is 14.9. The predicted octanol–water partition coefficient (Wildman–Crippen LogP) is 3.72. The van der Waals surface area contributed by atoms with Crippen LogP contribution in [0.2, 0.25) is 0 Å². The van der Waals surface area contributed by atoms with E-state index in [0.717, 1.165) is 29.8 Å². The number of carbonyl (C=O) groups is 3. The van der Waals surface area contributed by atoms with Gasteiger partial charge >= 0.3 is 11.9 Å². The number of aliphatic carboxylic acids is 1. The van der Waals surface area contributed by atoms with Crippen molar-refractivity contribution in [2.75, 3.05) is 11.5 Å². The van der Waals surface area contributed by atoms with Crippen LogP contribution in [0.25, 0.3) is 11.8 Å². The number of nitrogens with one attached hydrogen (secondary N) is 1. The van der Waals surface area contributed by atoms with Gasteiger partial charge in [-0.3, -0.25) is 9.59 Å². The number of carboxylic acids is 1. The van der Waals surface area contributed by atoms with E-state index in [-0.39, 0.29) is 59.8 Å². The van der Waals surface area contributed by atoms with Crippen molar-refractivity contribution in [1.29, 1.82) is 0 Å². The zero-order valence-electron chi connectivity index (χ0n) is 27.1. The molecule has 3 N–H and O–H groups in total. The molecule has 0 bridgehead atoms. The molecule has 47 heavy (non-hydrogen) atoms. The Bertz CT molecular complexity index is 1800. The van der Waals surface area contributed by atoms with Gasteiger partial charge in [0.15, 0.2) is 9.84 Å². The average molecular weight is 666 g/mol. The maximum Gasteiger partial charge on any atom is 0.348 e. The molecule has 11 nitrogen and oxygen atoms in total. The summed E-state index contributed by atoms with van der Waals surface area (Å²) in [5.41, 5.74) is 1.46. The Morgan fingerprint density at radius 2 is 1.96 bits per heavy atom. The molecule has 1 aromatic heterocycles. The van der Waals surface area contributed by atoms with Gasteiger partial charge in [0.1, 0.15) is 0 Å². The third kappa shape index (κ3) is 4.88. The first-order chi connectivity index (χ1) is 22.2. The van der Waals surface area contributed by atoms with Gasteiger partial charge in [0.05, 0.1) is 35.2 Å². The molecule has 4 fully saturated rings. The number of hydrogen-bond acceptors (Lipinski definition) is 8. The quantitative estimate of drug-likeness (QED) is 0.390. The molecule has 3 saturated carbocycles. The van der Waals surface area contributed by atoms with Crippen LogP contribution < -0.4 is 5.32 Å². The summed E-state index contributed by atoms with van der Waals surface area (Å²) < 4.78 is 31.3. The molecular formula is C35H43N3O8S. The third-order valence-corrected chi connectivity index (χ3v) is 14.2. The number of ether oxygens (including phenoxy) is 1. The smallest absolute Gasteiger partial charge is 0.348 e. The van der Waals surface area contributed by atoms with Crippen molar-refractivity contribution < 1.29 is 37.8 Å². The molecule has 1 aromatic carbocycles. The monoisotopic (exact) mass is 665 g/mol. The van der Waals surface area contributed by atoms with Crippen molar-refractivity contribution in [3.63, 3.8) is 0 Å². The molecular weight excluding hydrogens is 622 g/mol. The van der Waals surface area contributed by atoms with Crippen LogP contribution in [-0.4, -0.2) is 75.5 Å². The SMILES string of the molecule is CCC(=O)O[C@]1(C(=O)O)CCC2[C@@H]3CCC4=Cc5c(cnn5-c5cccc(C(=O)NC6CCS(=O)(=O)C6)c5)C[C@]4(C)C3[C@@H](O)C[C@@]21C. The summed E-state index contributed by atoms with van der Waals surface area (Å²) in [6, 6.07) is 6.76. The summed E-state index contributed by atoms with van der Waals surface area (Å²) in [5.74, 6) is -1.94. The van der Waals surface area contributed by atoms with Crippen LogP contribution in [0.15, 0.2) is 36.0 Å². The normalized spacial score (nSPS) is 36.7. The van der Waals surface area contributed by atoms with Crippen LogP contribution in [0, 0.1) is 28.6 Å². The number of carboxylic acid groups (broad SMARTS) is 1. The van der Waals surface area contributed by atoms with E-state index in [1.165, 1.54) is 5.57 Å². The predicted molar refractivity (Wildman–Crippen MR) is 172 cm³/mol. The summed E-state index contributed by atoms with van der Waals surface area (Å²) in [4.78, 5) is 38.3. The largest absolute Gasteiger partial charge is 0.478 e.